The highest BCUT2D eigenvalue weighted by Gasteiger charge is 2.14. The second kappa shape index (κ2) is 8.68. The summed E-state index contributed by atoms with van der Waals surface area (Å²) in [7, 11) is 0. The van der Waals surface area contributed by atoms with Gasteiger partial charge in [0.25, 0.3) is 5.91 Å². The number of carbonyl (C=O) groups excluding carboxylic acids is 1. The van der Waals surface area contributed by atoms with E-state index in [1.807, 2.05) is 0 Å². The topological polar surface area (TPSA) is 123 Å². The van der Waals surface area contributed by atoms with Gasteiger partial charge in [-0.05, 0) is 53.1 Å². The number of amides is 1. The molecule has 0 aliphatic heterocycles. The number of aromatic nitrogens is 3. The summed E-state index contributed by atoms with van der Waals surface area (Å²) in [5.74, 6) is -1.86. The number of carboxylic acid groups (broad SMARTS) is 1. The lowest BCUT2D eigenvalue weighted by atomic mass is 10.0. The fraction of sp³-hybridized carbons (Fsp3) is 0.0435. The van der Waals surface area contributed by atoms with Gasteiger partial charge in [0.2, 0.25) is 0 Å². The van der Waals surface area contributed by atoms with Gasteiger partial charge in [-0.3, -0.25) is 4.79 Å². The lowest BCUT2D eigenvalue weighted by Gasteiger charge is -2.10. The predicted octanol–water partition coefficient (Wildman–Crippen LogP) is 3.67. The lowest BCUT2D eigenvalue weighted by Crippen LogP contribution is -2.14. The van der Waals surface area contributed by atoms with E-state index in [1.165, 1.54) is 35.1 Å². The number of hydrogen-bond donors (Lipinski definition) is 3. The van der Waals surface area contributed by atoms with Crippen molar-refractivity contribution in [3.8, 4) is 11.1 Å². The lowest BCUT2D eigenvalue weighted by molar-refractivity contribution is 0.0696. The van der Waals surface area contributed by atoms with Crippen LogP contribution in [-0.2, 0) is 6.54 Å². The van der Waals surface area contributed by atoms with Crippen LogP contribution in [0.15, 0.2) is 72.9 Å². The fourth-order valence-corrected chi connectivity index (χ4v) is 3.14. The highest BCUT2D eigenvalue weighted by molar-refractivity contribution is 6.04. The molecule has 0 spiro atoms. The smallest absolute Gasteiger partial charge is 0.335 e. The van der Waals surface area contributed by atoms with Gasteiger partial charge in [-0.2, -0.15) is 0 Å². The van der Waals surface area contributed by atoms with Gasteiger partial charge < -0.3 is 16.2 Å². The Balaban J connectivity index is 1.49. The quantitative estimate of drug-likeness (QED) is 0.400. The first kappa shape index (κ1) is 20.7. The minimum absolute atomic E-state index is 0.0750. The molecule has 4 rings (SSSR count). The number of rotatable bonds is 6. The van der Waals surface area contributed by atoms with Gasteiger partial charge in [0.15, 0.2) is 5.69 Å². The van der Waals surface area contributed by atoms with E-state index in [0.29, 0.717) is 16.9 Å². The number of carbonyl (C=O) groups is 2. The number of nitrogen functional groups attached to an aromatic ring is 1. The summed E-state index contributed by atoms with van der Waals surface area (Å²) in [6.45, 7) is 0.254. The Hall–Kier alpha value is -4.53. The molecule has 0 bridgehead atoms. The first-order valence-electron chi connectivity index (χ1n) is 9.58. The third kappa shape index (κ3) is 4.62. The summed E-state index contributed by atoms with van der Waals surface area (Å²) in [4.78, 5) is 23.8. The molecular formula is C23H18FN5O3. The van der Waals surface area contributed by atoms with Crippen LogP contribution in [0.3, 0.4) is 0 Å². The van der Waals surface area contributed by atoms with E-state index in [9.17, 15) is 14.0 Å². The number of nitrogens with zero attached hydrogens (tertiary/aromatic N) is 3. The van der Waals surface area contributed by atoms with Crippen LogP contribution in [0, 0.1) is 5.82 Å². The van der Waals surface area contributed by atoms with E-state index in [0.717, 1.165) is 11.1 Å². The van der Waals surface area contributed by atoms with Crippen molar-refractivity contribution in [2.45, 2.75) is 6.54 Å². The molecule has 0 fully saturated rings. The monoisotopic (exact) mass is 431 g/mol. The molecule has 0 saturated heterocycles. The van der Waals surface area contributed by atoms with Gasteiger partial charge >= 0.3 is 5.97 Å². The minimum atomic E-state index is -1.02. The van der Waals surface area contributed by atoms with Crippen LogP contribution >= 0.6 is 0 Å². The number of carboxylic acids is 1. The summed E-state index contributed by atoms with van der Waals surface area (Å²) in [5, 5.41) is 19.6. The Kier molecular flexibility index (Phi) is 5.63. The number of benzene rings is 3. The van der Waals surface area contributed by atoms with Gasteiger partial charge in [-0.15, -0.1) is 5.10 Å². The molecule has 9 heteroatoms. The third-order valence-electron chi connectivity index (χ3n) is 4.77. The maximum atomic E-state index is 13.2. The van der Waals surface area contributed by atoms with Gasteiger partial charge in [0.1, 0.15) is 5.82 Å². The van der Waals surface area contributed by atoms with Gasteiger partial charge in [-0.1, -0.05) is 35.5 Å². The zero-order valence-corrected chi connectivity index (χ0v) is 16.7. The molecule has 3 aromatic carbocycles. The van der Waals surface area contributed by atoms with Crippen molar-refractivity contribution >= 4 is 23.3 Å². The maximum absolute atomic E-state index is 13.2. The average Bonchev–Trinajstić information content (AvgIpc) is 3.24. The second-order valence-corrected chi connectivity index (χ2v) is 7.07. The molecule has 0 unspecified atom stereocenters. The standard InChI is InChI=1S/C23H18FN5O3/c24-18-7-4-15(5-8-18)16-6-9-19(25)20(11-16)26-22(30)21-13-29(28-27-21)12-14-2-1-3-17(10-14)23(31)32/h1-11,13H,12,25H2,(H,26,30)(H,31,32). The van der Waals surface area contributed by atoms with Gasteiger partial charge in [0, 0.05) is 0 Å². The molecule has 1 amide bonds. The van der Waals surface area contributed by atoms with E-state index in [-0.39, 0.29) is 23.6 Å². The first-order chi connectivity index (χ1) is 15.4. The number of halogens is 1. The molecule has 8 nitrogen and oxygen atoms in total. The van der Waals surface area contributed by atoms with Crippen LogP contribution in [0.4, 0.5) is 15.8 Å². The molecule has 0 aliphatic rings. The van der Waals surface area contributed by atoms with Crippen LogP contribution in [0.25, 0.3) is 11.1 Å². The molecule has 32 heavy (non-hydrogen) atoms. The van der Waals surface area contributed by atoms with Crippen molar-refractivity contribution in [1.29, 1.82) is 0 Å². The Labute approximate surface area is 182 Å². The number of nitrogens with one attached hydrogen (secondary N) is 1. The Morgan fingerprint density at radius 1 is 1.03 bits per heavy atom. The van der Waals surface area contributed by atoms with Crippen LogP contribution < -0.4 is 11.1 Å². The highest BCUT2D eigenvalue weighted by atomic mass is 19.1. The van der Waals surface area contributed by atoms with Gasteiger partial charge in [0.05, 0.1) is 29.7 Å². The third-order valence-corrected chi connectivity index (χ3v) is 4.77. The first-order valence-corrected chi connectivity index (χ1v) is 9.58. The number of nitrogens with two attached hydrogens (primary N) is 1. The molecule has 0 saturated carbocycles. The Morgan fingerprint density at radius 2 is 1.78 bits per heavy atom. The number of hydrogen-bond acceptors (Lipinski definition) is 5. The van der Waals surface area contributed by atoms with E-state index in [1.54, 1.807) is 42.5 Å². The molecule has 1 aromatic heterocycles. The van der Waals surface area contributed by atoms with E-state index in [4.69, 9.17) is 10.8 Å². The summed E-state index contributed by atoms with van der Waals surface area (Å²) < 4.78 is 14.6. The largest absolute Gasteiger partial charge is 0.478 e. The Bertz CT molecular complexity index is 1300. The SMILES string of the molecule is Nc1ccc(-c2ccc(F)cc2)cc1NC(=O)c1cn(Cc2cccc(C(=O)O)c2)nn1. The van der Waals surface area contributed by atoms with Crippen LogP contribution in [0.2, 0.25) is 0 Å². The summed E-state index contributed by atoms with van der Waals surface area (Å²) in [5.41, 5.74) is 9.23. The van der Waals surface area contributed by atoms with E-state index in [2.05, 4.69) is 15.6 Å². The molecule has 4 N–H and O–H groups in total. The van der Waals surface area contributed by atoms with E-state index < -0.39 is 11.9 Å². The summed E-state index contributed by atoms with van der Waals surface area (Å²) in [6.07, 6.45) is 1.46. The second-order valence-electron chi connectivity index (χ2n) is 7.07. The fourth-order valence-electron chi connectivity index (χ4n) is 3.14. The molecular weight excluding hydrogens is 413 g/mol. The van der Waals surface area contributed by atoms with Crippen molar-refractivity contribution in [3.05, 3.63) is 95.6 Å². The summed E-state index contributed by atoms with van der Waals surface area (Å²) >= 11 is 0. The van der Waals surface area contributed by atoms with Crippen molar-refractivity contribution in [2.24, 2.45) is 0 Å². The van der Waals surface area contributed by atoms with Crippen molar-refractivity contribution in [2.75, 3.05) is 11.1 Å². The predicted molar refractivity (Wildman–Crippen MR) is 117 cm³/mol. The molecule has 1 heterocycles. The maximum Gasteiger partial charge on any atom is 0.335 e. The number of aromatic carboxylic acids is 1. The van der Waals surface area contributed by atoms with Crippen molar-refractivity contribution < 1.29 is 19.1 Å². The Morgan fingerprint density at radius 3 is 2.53 bits per heavy atom. The molecule has 160 valence electrons. The van der Waals surface area contributed by atoms with E-state index >= 15 is 0 Å². The van der Waals surface area contributed by atoms with Gasteiger partial charge in [-0.25, -0.2) is 13.9 Å². The highest BCUT2D eigenvalue weighted by Crippen LogP contribution is 2.27. The normalized spacial score (nSPS) is 10.7. The minimum Gasteiger partial charge on any atom is -0.478 e. The zero-order chi connectivity index (χ0) is 22.7. The van der Waals surface area contributed by atoms with Crippen LogP contribution in [0.5, 0.6) is 0 Å². The molecule has 0 atom stereocenters. The molecule has 0 aliphatic carbocycles. The molecule has 4 aromatic rings. The van der Waals surface area contributed by atoms with Crippen molar-refractivity contribution in [1.82, 2.24) is 15.0 Å². The van der Waals surface area contributed by atoms with Crippen LogP contribution in [0.1, 0.15) is 26.4 Å². The summed E-state index contributed by atoms with van der Waals surface area (Å²) in [6, 6.07) is 17.5. The molecule has 0 radical (unpaired) electrons. The average molecular weight is 431 g/mol. The number of anilines is 2. The van der Waals surface area contributed by atoms with Crippen molar-refractivity contribution in [3.63, 3.8) is 0 Å². The van der Waals surface area contributed by atoms with Crippen LogP contribution in [-0.4, -0.2) is 32.0 Å². The zero-order valence-electron chi connectivity index (χ0n) is 16.7.